The van der Waals surface area contributed by atoms with E-state index in [1.54, 1.807) is 53.9 Å². The number of nitrogens with zero attached hydrogens (tertiary/aromatic N) is 5. The number of thiocarbonyl (C=S) groups is 1. The first-order valence-electron chi connectivity index (χ1n) is 22.9. The van der Waals surface area contributed by atoms with Gasteiger partial charge in [-0.1, -0.05) is 65.1 Å². The third kappa shape index (κ3) is 17.4. The van der Waals surface area contributed by atoms with Crippen LogP contribution in [0.25, 0.3) is 70.3 Å². The standard InChI is InChI=1S/C33H31N3O4S2.C19H21F3N3S.CNS.Ru/c1-3-5-7-22-13-32(41-19-22)33-24(8-6-4-2)15-31(42-33)23-9-11-34-27(14-23)29-17-26(40-21-38)18-30(36-29)28-16-25(39-20-37)10-12-35-28;1-2-3-4-5-6-13-8-10-26-18(13)14-7-9-25-16(11-14)15(23)12-17(24)19(20,21)22;2-1-3;/h9-21H,3-8H2,1-2H3;7-12,23-24H,2-6H2,1H3;;/q;2*-1;+2/b;15-12-,24-17?;;. The Morgan fingerprint density at radius 3 is 2.01 bits per heavy atom. The van der Waals surface area contributed by atoms with Crippen molar-refractivity contribution in [2.45, 2.75) is 97.6 Å². The molecule has 19 heteroatoms. The van der Waals surface area contributed by atoms with Gasteiger partial charge in [-0.3, -0.25) is 30.0 Å². The second-order valence-electron chi connectivity index (χ2n) is 15.9. The average molecular weight is 1140 g/mol. The van der Waals surface area contributed by atoms with E-state index in [9.17, 15) is 22.8 Å². The van der Waals surface area contributed by atoms with Crippen molar-refractivity contribution in [3.63, 3.8) is 0 Å². The summed E-state index contributed by atoms with van der Waals surface area (Å²) >= 11 is 8.92. The van der Waals surface area contributed by atoms with E-state index in [-0.39, 0.29) is 25.2 Å². The van der Waals surface area contributed by atoms with Gasteiger partial charge in [-0.25, -0.2) is 4.98 Å². The van der Waals surface area contributed by atoms with E-state index in [0.717, 1.165) is 54.5 Å². The summed E-state index contributed by atoms with van der Waals surface area (Å²) in [6, 6.07) is 20.6. The van der Waals surface area contributed by atoms with Crippen molar-refractivity contribution in [1.29, 1.82) is 5.41 Å². The quantitative estimate of drug-likeness (QED) is 0.0228. The van der Waals surface area contributed by atoms with Crippen molar-refractivity contribution in [2.75, 3.05) is 0 Å². The zero-order chi connectivity index (χ0) is 51.2. The average Bonchev–Trinajstić information content (AvgIpc) is 4.15. The molecule has 11 nitrogen and oxygen atoms in total. The Labute approximate surface area is 448 Å². The van der Waals surface area contributed by atoms with Crippen molar-refractivity contribution < 1.29 is 51.7 Å². The maximum absolute atomic E-state index is 12.5. The summed E-state index contributed by atoms with van der Waals surface area (Å²) in [5.41, 5.74) is 13.9. The Hall–Kier alpha value is -5.94. The van der Waals surface area contributed by atoms with E-state index in [1.165, 1.54) is 81.0 Å². The summed E-state index contributed by atoms with van der Waals surface area (Å²) in [6.45, 7) is 7.34. The molecule has 0 aromatic carbocycles. The molecule has 0 amide bonds. The first kappa shape index (κ1) is 58.6. The van der Waals surface area contributed by atoms with Crippen LogP contribution in [0.4, 0.5) is 13.2 Å². The third-order valence-corrected chi connectivity index (χ3v) is 14.1. The van der Waals surface area contributed by atoms with E-state index >= 15 is 0 Å². The van der Waals surface area contributed by atoms with Crippen LogP contribution in [0.1, 0.15) is 94.5 Å². The van der Waals surface area contributed by atoms with Crippen molar-refractivity contribution in [1.82, 2.24) is 19.9 Å². The minimum Gasteiger partial charge on any atom is -0.753 e. The van der Waals surface area contributed by atoms with Gasteiger partial charge < -0.3 is 20.6 Å². The Morgan fingerprint density at radius 2 is 1.33 bits per heavy atom. The molecule has 0 aliphatic heterocycles. The van der Waals surface area contributed by atoms with Gasteiger partial charge in [0.05, 0.1) is 22.8 Å². The number of carbonyl (C=O) groups excluding carboxylic acids is 2. The van der Waals surface area contributed by atoms with Gasteiger partial charge in [0.25, 0.3) is 12.9 Å². The van der Waals surface area contributed by atoms with E-state index < -0.39 is 17.6 Å². The van der Waals surface area contributed by atoms with Crippen molar-refractivity contribution in [3.05, 3.63) is 136 Å². The Morgan fingerprint density at radius 1 is 0.722 bits per heavy atom. The number of alkyl halides is 3. The number of unbranched alkanes of at least 4 members (excludes halogenated alkanes) is 5. The molecule has 0 aliphatic carbocycles. The Kier molecular flexibility index (Phi) is 24.6. The number of ether oxygens (including phenoxy) is 2. The van der Waals surface area contributed by atoms with Crippen LogP contribution in [0, 0.1) is 5.41 Å². The molecule has 0 fully saturated rings. The second-order valence-corrected chi connectivity index (χ2v) is 18.9. The van der Waals surface area contributed by atoms with Crippen LogP contribution in [0.15, 0.2) is 102 Å². The van der Waals surface area contributed by atoms with Crippen molar-refractivity contribution in [3.8, 4) is 64.9 Å². The monoisotopic (exact) mass is 1140 g/mol. The Bertz CT molecular complexity index is 2930. The molecule has 0 aliphatic rings. The molecule has 7 aromatic heterocycles. The van der Waals surface area contributed by atoms with Gasteiger partial charge in [-0.05, 0) is 132 Å². The normalized spacial score (nSPS) is 10.9. The van der Waals surface area contributed by atoms with Crippen LogP contribution >= 0.6 is 46.2 Å². The van der Waals surface area contributed by atoms with Crippen molar-refractivity contribution in [2.24, 2.45) is 0 Å². The van der Waals surface area contributed by atoms with Crippen LogP contribution in [0.5, 0.6) is 11.5 Å². The smallest absolute Gasteiger partial charge is 0.753 e. The fraction of sp³-hybridized carbons (Fsp3) is 0.283. The molecule has 2 N–H and O–H groups in total. The molecule has 376 valence electrons. The fourth-order valence-electron chi connectivity index (χ4n) is 7.18. The number of aryl methyl sites for hydroxylation is 3. The number of halogens is 3. The molecule has 0 spiro atoms. The van der Waals surface area contributed by atoms with Crippen LogP contribution in [-0.2, 0) is 48.3 Å². The molecule has 0 saturated heterocycles. The number of carbonyl (C=O) groups is 2. The van der Waals surface area contributed by atoms with Gasteiger partial charge in [0.15, 0.2) is 0 Å². The van der Waals surface area contributed by atoms with Gasteiger partial charge in [-0.15, -0.1) is 39.7 Å². The van der Waals surface area contributed by atoms with Gasteiger partial charge >= 0.3 is 25.7 Å². The van der Waals surface area contributed by atoms with Crippen LogP contribution in [-0.4, -0.2) is 49.9 Å². The SMILES string of the molecule is CCCCCCc1ccsc1-c1ccnc(/C([NH-])=C/C(=N)C(F)(F)F)c1.CCCCc1csc(-c2sc(-c3ccnc(-c4cc(OC=O)cc(-c5cc(OC=O)ccn5)n4)c3)cc2CCCC)c1.[N-]=C=S.[Ru+2]. The molecule has 0 radical (unpaired) electrons. The van der Waals surface area contributed by atoms with Gasteiger partial charge in [0.2, 0.25) is 0 Å². The number of thiophene rings is 3. The predicted molar refractivity (Wildman–Crippen MR) is 285 cm³/mol. The molecule has 0 unspecified atom stereocenters. The van der Waals surface area contributed by atoms with Crippen molar-refractivity contribution >= 4 is 75.7 Å². The summed E-state index contributed by atoms with van der Waals surface area (Å²) in [5, 5.41) is 19.8. The minimum absolute atomic E-state index is 0. The first-order valence-corrected chi connectivity index (χ1v) is 25.8. The van der Waals surface area contributed by atoms with E-state index in [1.807, 2.05) is 40.2 Å². The molecule has 7 aromatic rings. The molecule has 0 saturated carbocycles. The minimum atomic E-state index is -4.76. The number of aromatic nitrogens is 4. The number of allylic oxidation sites excluding steroid dienone is 1. The second kappa shape index (κ2) is 30.2. The summed E-state index contributed by atoms with van der Waals surface area (Å²) in [7, 11) is 0. The molecule has 7 heterocycles. The number of hydrogen-bond donors (Lipinski definition) is 1. The summed E-state index contributed by atoms with van der Waals surface area (Å²) in [6.07, 6.45) is 13.0. The number of hydrogen-bond acceptors (Lipinski definition) is 13. The van der Waals surface area contributed by atoms with Crippen LogP contribution in [0.3, 0.4) is 0 Å². The van der Waals surface area contributed by atoms with Gasteiger partial charge in [0.1, 0.15) is 17.2 Å². The maximum atomic E-state index is 12.5. The topological polar surface area (TPSA) is 174 Å². The number of isothiocyanates is 1. The number of pyridine rings is 4. The van der Waals surface area contributed by atoms with Gasteiger partial charge in [-0.2, -0.15) is 18.3 Å². The molecular weight excluding hydrogens is 1080 g/mol. The first-order chi connectivity index (χ1) is 34.3. The Balaban J connectivity index is 0.000000322. The van der Waals surface area contributed by atoms with Gasteiger partial charge in [0, 0.05) is 62.0 Å². The third-order valence-electron chi connectivity index (χ3n) is 10.7. The van der Waals surface area contributed by atoms with E-state index in [0.29, 0.717) is 53.3 Å². The van der Waals surface area contributed by atoms with Crippen LogP contribution in [0.2, 0.25) is 0 Å². The number of rotatable bonds is 22. The molecule has 7 rings (SSSR count). The largest absolute Gasteiger partial charge is 2.00 e. The number of nitrogens with one attached hydrogen (secondary N) is 2. The fourth-order valence-corrected chi connectivity index (χ4v) is 10.4. The summed E-state index contributed by atoms with van der Waals surface area (Å²) < 4.78 is 47.6. The van der Waals surface area contributed by atoms with E-state index in [4.69, 9.17) is 31.0 Å². The summed E-state index contributed by atoms with van der Waals surface area (Å²) in [5.74, 6) is 0.633. The molecule has 72 heavy (non-hydrogen) atoms. The molecule has 0 atom stereocenters. The zero-order valence-electron chi connectivity index (χ0n) is 39.7. The molecule has 0 bridgehead atoms. The molecular formula is C53H52F3N7O4RuS4. The summed E-state index contributed by atoms with van der Waals surface area (Å²) in [4.78, 5) is 44.6. The predicted octanol–water partition coefficient (Wildman–Crippen LogP) is 16.0. The van der Waals surface area contributed by atoms with E-state index in [2.05, 4.69) is 71.5 Å². The van der Waals surface area contributed by atoms with Crippen LogP contribution < -0.4 is 9.47 Å². The zero-order valence-corrected chi connectivity index (χ0v) is 44.7. The maximum Gasteiger partial charge on any atom is 2.00 e.